The molecule has 1 saturated carbocycles. The van der Waals surface area contributed by atoms with Gasteiger partial charge in [-0.25, -0.2) is 0 Å². The third-order valence-electron chi connectivity index (χ3n) is 5.65. The number of benzene rings is 1. The number of nitrogens with one attached hydrogen (secondary N) is 2. The first-order chi connectivity index (χ1) is 15.6. The second-order valence-corrected chi connectivity index (χ2v) is 8.27. The van der Waals surface area contributed by atoms with Crippen LogP contribution in [-0.4, -0.2) is 46.6 Å². The maximum absolute atomic E-state index is 13.1. The Labute approximate surface area is 185 Å². The topological polar surface area (TPSA) is 132 Å². The number of rotatable bonds is 6. The summed E-state index contributed by atoms with van der Waals surface area (Å²) in [5, 5.41) is 19.7. The number of hydrogen-bond acceptors (Lipinski definition) is 8. The van der Waals surface area contributed by atoms with Gasteiger partial charge in [-0.15, -0.1) is 8.78 Å². The van der Waals surface area contributed by atoms with Gasteiger partial charge in [-0.2, -0.15) is 0 Å². The summed E-state index contributed by atoms with van der Waals surface area (Å²) in [4.78, 5) is 24.7. The van der Waals surface area contributed by atoms with Crippen molar-refractivity contribution in [3.63, 3.8) is 0 Å². The number of amides is 2. The van der Waals surface area contributed by atoms with Gasteiger partial charge in [0.2, 0.25) is 5.76 Å². The molecule has 33 heavy (non-hydrogen) atoms. The molecule has 1 fully saturated rings. The number of aliphatic hydroxyl groups is 1. The van der Waals surface area contributed by atoms with Crippen LogP contribution < -0.4 is 24.8 Å². The molecule has 174 valence electrons. The number of aromatic nitrogens is 1. The summed E-state index contributed by atoms with van der Waals surface area (Å²) in [6.45, 7) is 1.29. The second kappa shape index (κ2) is 7.44. The van der Waals surface area contributed by atoms with Crippen molar-refractivity contribution in [1.29, 1.82) is 0 Å². The average Bonchev–Trinajstić information content (AvgIpc) is 3.28. The zero-order chi connectivity index (χ0) is 23.4. The molecule has 1 aliphatic heterocycles. The van der Waals surface area contributed by atoms with Crippen LogP contribution in [-0.2, 0) is 4.79 Å². The third-order valence-corrected chi connectivity index (χ3v) is 5.65. The molecule has 3 N–H and O–H groups in total. The van der Waals surface area contributed by atoms with Gasteiger partial charge >= 0.3 is 6.29 Å². The van der Waals surface area contributed by atoms with E-state index in [2.05, 4.69) is 25.3 Å². The van der Waals surface area contributed by atoms with Gasteiger partial charge in [0, 0.05) is 24.3 Å². The van der Waals surface area contributed by atoms with Gasteiger partial charge in [0.05, 0.1) is 17.3 Å². The molecular weight excluding hydrogens is 444 g/mol. The molecule has 4 aliphatic rings. The number of aryl methyl sites for hydroxylation is 1. The molecule has 1 atom stereocenters. The zero-order valence-electron chi connectivity index (χ0n) is 17.3. The van der Waals surface area contributed by atoms with Crippen LogP contribution in [0.2, 0.25) is 0 Å². The summed E-state index contributed by atoms with van der Waals surface area (Å²) < 4.78 is 45.2. The van der Waals surface area contributed by atoms with Crippen molar-refractivity contribution >= 4 is 11.8 Å². The molecule has 2 heterocycles. The van der Waals surface area contributed by atoms with E-state index in [0.717, 1.165) is 5.57 Å². The summed E-state index contributed by atoms with van der Waals surface area (Å²) in [7, 11) is 0. The zero-order valence-corrected chi connectivity index (χ0v) is 17.3. The van der Waals surface area contributed by atoms with Crippen LogP contribution in [0.4, 0.5) is 8.78 Å². The molecule has 1 aromatic heterocycles. The van der Waals surface area contributed by atoms with E-state index < -0.39 is 36.4 Å². The van der Waals surface area contributed by atoms with Crippen LogP contribution in [0.5, 0.6) is 17.2 Å². The number of hydrogen-bond donors (Lipinski definition) is 3. The Morgan fingerprint density at radius 2 is 2.00 bits per heavy atom. The van der Waals surface area contributed by atoms with Gasteiger partial charge in [-0.1, -0.05) is 5.16 Å². The van der Waals surface area contributed by atoms with Gasteiger partial charge < -0.3 is 34.5 Å². The lowest BCUT2D eigenvalue weighted by molar-refractivity contribution is -0.286. The number of nitrogens with zero attached hydrogens (tertiary/aromatic N) is 1. The summed E-state index contributed by atoms with van der Waals surface area (Å²) in [6.07, 6.45) is -3.53. The highest BCUT2D eigenvalue weighted by Gasteiger charge is 2.50. The lowest BCUT2D eigenvalue weighted by Crippen LogP contribution is -2.61. The number of carbonyl (C=O) groups excluding carboxylic acids is 2. The Bertz CT molecular complexity index is 1170. The SMILES string of the molecule is Cc1cc(C(=O)NC23CC(=C(NC(=O)COc4ccc5c(c4)OC(F)(F)O5)[C@@H](O)C2)C3)on1. The average molecular weight is 463 g/mol. The Balaban J connectivity index is 1.16. The minimum atomic E-state index is -3.74. The Hall–Kier alpha value is -3.67. The van der Waals surface area contributed by atoms with Crippen molar-refractivity contribution in [1.82, 2.24) is 15.8 Å². The van der Waals surface area contributed by atoms with Crippen molar-refractivity contribution in [2.24, 2.45) is 0 Å². The van der Waals surface area contributed by atoms with E-state index in [1.54, 1.807) is 6.92 Å². The predicted molar refractivity (Wildman–Crippen MR) is 105 cm³/mol. The van der Waals surface area contributed by atoms with Crippen LogP contribution in [0.3, 0.4) is 0 Å². The predicted octanol–water partition coefficient (Wildman–Crippen LogP) is 1.78. The van der Waals surface area contributed by atoms with Crippen molar-refractivity contribution in [3.8, 4) is 17.2 Å². The van der Waals surface area contributed by atoms with Crippen molar-refractivity contribution in [2.45, 2.75) is 44.1 Å². The minimum absolute atomic E-state index is 0.0947. The normalized spacial score (nSPS) is 24.2. The summed E-state index contributed by atoms with van der Waals surface area (Å²) >= 11 is 0. The number of alkyl halides is 2. The van der Waals surface area contributed by atoms with Crippen molar-refractivity contribution in [2.75, 3.05) is 6.61 Å². The highest BCUT2D eigenvalue weighted by molar-refractivity contribution is 5.92. The number of fused-ring (bicyclic) bond motifs is 3. The number of aliphatic hydroxyl groups excluding tert-OH is 1. The molecule has 12 heteroatoms. The van der Waals surface area contributed by atoms with E-state index in [9.17, 15) is 23.5 Å². The Kier molecular flexibility index (Phi) is 4.78. The van der Waals surface area contributed by atoms with E-state index >= 15 is 0 Å². The highest BCUT2D eigenvalue weighted by Crippen LogP contribution is 2.48. The number of ether oxygens (including phenoxy) is 3. The molecule has 2 amide bonds. The first-order valence-electron chi connectivity index (χ1n) is 10.1. The smallest absolute Gasteiger partial charge is 0.484 e. The molecule has 0 unspecified atom stereocenters. The lowest BCUT2D eigenvalue weighted by Gasteiger charge is -2.51. The first-order valence-corrected chi connectivity index (χ1v) is 10.1. The van der Waals surface area contributed by atoms with Crippen LogP contribution in [0.15, 0.2) is 40.1 Å². The molecular formula is C21H19F2N3O7. The Morgan fingerprint density at radius 3 is 2.70 bits per heavy atom. The Morgan fingerprint density at radius 1 is 1.24 bits per heavy atom. The standard InChI is InChI=1S/C21H19F2N3O7/c1-10-4-16(33-26-10)19(29)25-20-6-11(7-20)18(13(27)8-20)24-17(28)9-30-12-2-3-14-15(5-12)32-21(22,23)31-14/h2-5,13,27H,6-9H2,1H3,(H,24,28)(H,25,29)/t13-/m0/s1. The van der Waals surface area contributed by atoms with Crippen molar-refractivity contribution in [3.05, 3.63) is 47.0 Å². The maximum Gasteiger partial charge on any atom is 0.586 e. The molecule has 2 aromatic rings. The third kappa shape index (κ3) is 4.09. The van der Waals surface area contributed by atoms with E-state index in [4.69, 9.17) is 9.26 Å². The van der Waals surface area contributed by atoms with Gasteiger partial charge in [-0.05, 0) is 37.5 Å². The van der Waals surface area contributed by atoms with E-state index in [-0.39, 0.29) is 29.4 Å². The summed E-state index contributed by atoms with van der Waals surface area (Å²) in [5.41, 5.74) is 1.19. The molecule has 2 bridgehead atoms. The fourth-order valence-electron chi connectivity index (χ4n) is 4.25. The second-order valence-electron chi connectivity index (χ2n) is 8.27. The number of halogens is 2. The highest BCUT2D eigenvalue weighted by atomic mass is 19.3. The molecule has 3 aliphatic carbocycles. The quantitative estimate of drug-likeness (QED) is 0.591. The van der Waals surface area contributed by atoms with Crippen LogP contribution >= 0.6 is 0 Å². The minimum Gasteiger partial charge on any atom is -0.484 e. The summed E-state index contributed by atoms with van der Waals surface area (Å²) in [6, 6.07) is 5.34. The lowest BCUT2D eigenvalue weighted by atomic mass is 9.63. The fourth-order valence-corrected chi connectivity index (χ4v) is 4.25. The molecule has 0 radical (unpaired) electrons. The maximum atomic E-state index is 13.1. The van der Waals surface area contributed by atoms with Crippen LogP contribution in [0.25, 0.3) is 0 Å². The van der Waals surface area contributed by atoms with Gasteiger partial charge in [-0.3, -0.25) is 9.59 Å². The largest absolute Gasteiger partial charge is 0.586 e. The molecule has 10 nitrogen and oxygen atoms in total. The van der Waals surface area contributed by atoms with Gasteiger partial charge in [0.1, 0.15) is 5.75 Å². The monoisotopic (exact) mass is 463 g/mol. The molecule has 1 aromatic carbocycles. The molecule has 0 saturated heterocycles. The van der Waals surface area contributed by atoms with Crippen LogP contribution in [0, 0.1) is 6.92 Å². The van der Waals surface area contributed by atoms with E-state index in [0.29, 0.717) is 24.2 Å². The van der Waals surface area contributed by atoms with Crippen molar-refractivity contribution < 1.29 is 42.2 Å². The molecule has 0 spiro atoms. The van der Waals surface area contributed by atoms with Gasteiger partial charge in [0.15, 0.2) is 18.1 Å². The van der Waals surface area contributed by atoms with Crippen LogP contribution in [0.1, 0.15) is 35.5 Å². The fraction of sp³-hybridized carbons (Fsp3) is 0.381. The summed E-state index contributed by atoms with van der Waals surface area (Å²) in [5.74, 6) is -1.03. The molecule has 6 rings (SSSR count). The van der Waals surface area contributed by atoms with E-state index in [1.165, 1.54) is 24.3 Å². The first kappa shape index (κ1) is 21.2. The number of carbonyl (C=O) groups is 2. The van der Waals surface area contributed by atoms with E-state index in [1.807, 2.05) is 0 Å². The van der Waals surface area contributed by atoms with Gasteiger partial charge in [0.25, 0.3) is 11.8 Å².